The zero-order chi connectivity index (χ0) is 14.9. The Morgan fingerprint density at radius 3 is 2.60 bits per heavy atom. The largest absolute Gasteiger partial charge is 0.478 e. The fraction of sp³-hybridized carbons (Fsp3) is 0.467. The molecule has 3 N–H and O–H groups in total. The van der Waals surface area contributed by atoms with Crippen LogP contribution in [0, 0.1) is 18.3 Å². The summed E-state index contributed by atoms with van der Waals surface area (Å²) in [7, 11) is 0. The van der Waals surface area contributed by atoms with Gasteiger partial charge >= 0.3 is 12.0 Å². The molecule has 2 rings (SSSR count). The van der Waals surface area contributed by atoms with Gasteiger partial charge in [-0.15, -0.1) is 0 Å². The Balaban J connectivity index is 1.91. The van der Waals surface area contributed by atoms with Crippen molar-refractivity contribution in [3.63, 3.8) is 0 Å². The third kappa shape index (κ3) is 3.29. The first kappa shape index (κ1) is 14.4. The molecule has 1 fully saturated rings. The van der Waals surface area contributed by atoms with Gasteiger partial charge in [0.05, 0.1) is 5.56 Å². The van der Waals surface area contributed by atoms with Crippen molar-refractivity contribution in [2.24, 2.45) is 11.3 Å². The quantitative estimate of drug-likeness (QED) is 0.791. The molecule has 1 atom stereocenters. The molecule has 1 unspecified atom stereocenters. The molecule has 108 valence electrons. The lowest BCUT2D eigenvalue weighted by atomic mass is 10.1. The molecule has 1 saturated carbocycles. The number of nitrogens with one attached hydrogen (secondary N) is 2. The molecule has 2 amide bonds. The van der Waals surface area contributed by atoms with Crippen molar-refractivity contribution < 1.29 is 14.7 Å². The van der Waals surface area contributed by atoms with E-state index in [0.717, 1.165) is 6.42 Å². The van der Waals surface area contributed by atoms with Crippen LogP contribution >= 0.6 is 0 Å². The Kier molecular flexibility index (Phi) is 3.70. The first-order valence-corrected chi connectivity index (χ1v) is 6.68. The lowest BCUT2D eigenvalue weighted by molar-refractivity contribution is 0.0696. The SMILES string of the molecule is Cc1ccc(NC(=O)NCC2CC2(C)C)cc1C(=O)O. The third-order valence-electron chi connectivity index (χ3n) is 3.95. The Labute approximate surface area is 118 Å². The lowest BCUT2D eigenvalue weighted by Crippen LogP contribution is -2.31. The summed E-state index contributed by atoms with van der Waals surface area (Å²) in [6.45, 7) is 6.73. The maximum atomic E-state index is 11.8. The van der Waals surface area contributed by atoms with Crippen molar-refractivity contribution in [1.82, 2.24) is 5.32 Å². The average Bonchev–Trinajstić information content (AvgIpc) is 2.97. The molecular formula is C15H20N2O3. The molecule has 1 aromatic rings. The first-order valence-electron chi connectivity index (χ1n) is 6.68. The summed E-state index contributed by atoms with van der Waals surface area (Å²) in [6.07, 6.45) is 1.13. The molecule has 0 aromatic heterocycles. The highest BCUT2D eigenvalue weighted by Crippen LogP contribution is 2.50. The van der Waals surface area contributed by atoms with Gasteiger partial charge in [0.25, 0.3) is 0 Å². The molecule has 0 spiro atoms. The number of carboxylic acids is 1. The van der Waals surface area contributed by atoms with Gasteiger partial charge in [-0.25, -0.2) is 9.59 Å². The Morgan fingerprint density at radius 2 is 2.05 bits per heavy atom. The van der Waals surface area contributed by atoms with E-state index in [-0.39, 0.29) is 11.6 Å². The van der Waals surface area contributed by atoms with Gasteiger partial charge in [0.1, 0.15) is 0 Å². The molecule has 1 aliphatic rings. The maximum absolute atomic E-state index is 11.8. The van der Waals surface area contributed by atoms with E-state index >= 15 is 0 Å². The number of benzene rings is 1. The van der Waals surface area contributed by atoms with Crippen molar-refractivity contribution in [3.8, 4) is 0 Å². The predicted molar refractivity (Wildman–Crippen MR) is 77.0 cm³/mol. The van der Waals surface area contributed by atoms with Crippen LogP contribution in [0.15, 0.2) is 18.2 Å². The molecule has 0 radical (unpaired) electrons. The van der Waals surface area contributed by atoms with Crippen LogP contribution in [0.3, 0.4) is 0 Å². The normalized spacial score (nSPS) is 19.2. The molecule has 1 aliphatic carbocycles. The smallest absolute Gasteiger partial charge is 0.336 e. The third-order valence-corrected chi connectivity index (χ3v) is 3.95. The van der Waals surface area contributed by atoms with Crippen LogP contribution < -0.4 is 10.6 Å². The Morgan fingerprint density at radius 1 is 1.40 bits per heavy atom. The van der Waals surface area contributed by atoms with E-state index in [1.165, 1.54) is 6.07 Å². The van der Waals surface area contributed by atoms with Gasteiger partial charge in [-0.05, 0) is 42.4 Å². The van der Waals surface area contributed by atoms with E-state index in [9.17, 15) is 9.59 Å². The number of carbonyl (C=O) groups excluding carboxylic acids is 1. The molecule has 0 aliphatic heterocycles. The first-order chi connectivity index (χ1) is 9.29. The summed E-state index contributed by atoms with van der Waals surface area (Å²) >= 11 is 0. The minimum atomic E-state index is -0.994. The predicted octanol–water partition coefficient (Wildman–Crippen LogP) is 2.86. The van der Waals surface area contributed by atoms with Crippen LogP contribution in [0.25, 0.3) is 0 Å². The number of carboxylic acid groups (broad SMARTS) is 1. The molecule has 5 heteroatoms. The standard InChI is InChI=1S/C15H20N2O3/c1-9-4-5-11(6-12(9)13(18)19)17-14(20)16-8-10-7-15(10,2)3/h4-6,10H,7-8H2,1-3H3,(H,18,19)(H2,16,17,20). The summed E-state index contributed by atoms with van der Waals surface area (Å²) in [4.78, 5) is 22.8. The average molecular weight is 276 g/mol. The highest BCUT2D eigenvalue weighted by atomic mass is 16.4. The molecule has 1 aromatic carbocycles. The number of amides is 2. The maximum Gasteiger partial charge on any atom is 0.336 e. The highest BCUT2D eigenvalue weighted by molar-refractivity contribution is 5.94. The molecular weight excluding hydrogens is 256 g/mol. The second-order valence-corrected chi connectivity index (χ2v) is 6.06. The van der Waals surface area contributed by atoms with Gasteiger partial charge in [-0.1, -0.05) is 19.9 Å². The van der Waals surface area contributed by atoms with Gasteiger partial charge < -0.3 is 15.7 Å². The minimum Gasteiger partial charge on any atom is -0.478 e. The van der Waals surface area contributed by atoms with Crippen molar-refractivity contribution in [1.29, 1.82) is 0 Å². The van der Waals surface area contributed by atoms with Crippen molar-refractivity contribution in [3.05, 3.63) is 29.3 Å². The van der Waals surface area contributed by atoms with E-state index in [4.69, 9.17) is 5.11 Å². The number of carbonyl (C=O) groups is 2. The second kappa shape index (κ2) is 5.15. The van der Waals surface area contributed by atoms with Crippen molar-refractivity contribution >= 4 is 17.7 Å². The number of hydrogen-bond acceptors (Lipinski definition) is 2. The topological polar surface area (TPSA) is 78.4 Å². The minimum absolute atomic E-state index is 0.200. The zero-order valence-electron chi connectivity index (χ0n) is 12.0. The van der Waals surface area contributed by atoms with Crippen LogP contribution in [0.1, 0.15) is 36.2 Å². The zero-order valence-corrected chi connectivity index (χ0v) is 12.0. The van der Waals surface area contributed by atoms with Gasteiger partial charge in [0.2, 0.25) is 0 Å². The van der Waals surface area contributed by atoms with Crippen molar-refractivity contribution in [2.45, 2.75) is 27.2 Å². The molecule has 0 saturated heterocycles. The van der Waals surface area contributed by atoms with Crippen LogP contribution in [0.4, 0.5) is 10.5 Å². The van der Waals surface area contributed by atoms with E-state index in [1.807, 2.05) is 0 Å². The van der Waals surface area contributed by atoms with Gasteiger partial charge in [-0.2, -0.15) is 0 Å². The fourth-order valence-electron chi connectivity index (χ4n) is 2.25. The second-order valence-electron chi connectivity index (χ2n) is 6.06. The van der Waals surface area contributed by atoms with Crippen molar-refractivity contribution in [2.75, 3.05) is 11.9 Å². The van der Waals surface area contributed by atoms with E-state index in [0.29, 0.717) is 29.1 Å². The van der Waals surface area contributed by atoms with Crippen LogP contribution in [0.2, 0.25) is 0 Å². The molecule has 0 heterocycles. The van der Waals surface area contributed by atoms with E-state index in [1.54, 1.807) is 19.1 Å². The number of urea groups is 1. The Hall–Kier alpha value is -2.04. The van der Waals surface area contributed by atoms with Gasteiger partial charge in [0, 0.05) is 12.2 Å². The van der Waals surface area contributed by atoms with Crippen LogP contribution in [0.5, 0.6) is 0 Å². The number of rotatable bonds is 4. The monoisotopic (exact) mass is 276 g/mol. The van der Waals surface area contributed by atoms with Gasteiger partial charge in [0.15, 0.2) is 0 Å². The van der Waals surface area contributed by atoms with Gasteiger partial charge in [-0.3, -0.25) is 0 Å². The van der Waals surface area contributed by atoms with Crippen LogP contribution in [-0.4, -0.2) is 23.7 Å². The summed E-state index contributed by atoms with van der Waals surface area (Å²) < 4.78 is 0. The van der Waals surface area contributed by atoms with E-state index in [2.05, 4.69) is 24.5 Å². The van der Waals surface area contributed by atoms with E-state index < -0.39 is 5.97 Å². The molecule has 5 nitrogen and oxygen atoms in total. The number of hydrogen-bond donors (Lipinski definition) is 3. The fourth-order valence-corrected chi connectivity index (χ4v) is 2.25. The summed E-state index contributed by atoms with van der Waals surface area (Å²) in [5.74, 6) is -0.466. The van der Waals surface area contributed by atoms with Crippen LogP contribution in [-0.2, 0) is 0 Å². The number of anilines is 1. The highest BCUT2D eigenvalue weighted by Gasteiger charge is 2.45. The molecule has 20 heavy (non-hydrogen) atoms. The summed E-state index contributed by atoms with van der Waals surface area (Å²) in [6, 6.07) is 4.55. The number of aryl methyl sites for hydroxylation is 1. The Bertz CT molecular complexity index is 552. The summed E-state index contributed by atoms with van der Waals surface area (Å²) in [5.41, 5.74) is 1.68. The summed E-state index contributed by atoms with van der Waals surface area (Å²) in [5, 5.41) is 14.5. The number of aromatic carboxylic acids is 1. The lowest BCUT2D eigenvalue weighted by Gasteiger charge is -2.10. The molecule has 0 bridgehead atoms.